The maximum atomic E-state index is 6.15. The lowest BCUT2D eigenvalue weighted by Crippen LogP contribution is -2.33. The van der Waals surface area contributed by atoms with E-state index in [0.717, 1.165) is 5.02 Å². The van der Waals surface area contributed by atoms with Gasteiger partial charge in [0.05, 0.1) is 5.37 Å². The number of rotatable bonds is 1. The molecule has 1 aliphatic heterocycles. The van der Waals surface area contributed by atoms with Crippen molar-refractivity contribution in [2.75, 3.05) is 5.75 Å². The van der Waals surface area contributed by atoms with Crippen LogP contribution in [0.2, 0.25) is 5.02 Å². The second kappa shape index (κ2) is 4.56. The summed E-state index contributed by atoms with van der Waals surface area (Å²) in [6.07, 6.45) is 1.24. The normalized spacial score (nSPS) is 27.6. The quantitative estimate of drug-likeness (QED) is 0.789. The number of benzene rings is 1. The molecule has 2 rings (SSSR count). The Kier molecular flexibility index (Phi) is 3.37. The van der Waals surface area contributed by atoms with Crippen LogP contribution in [0.1, 0.15) is 24.3 Å². The first-order valence-corrected chi connectivity index (χ1v) is 6.32. The Morgan fingerprint density at radius 1 is 1.43 bits per heavy atom. The van der Waals surface area contributed by atoms with Gasteiger partial charge in [0, 0.05) is 11.1 Å². The van der Waals surface area contributed by atoms with Gasteiger partial charge in [-0.05, 0) is 30.7 Å². The highest BCUT2D eigenvalue weighted by atomic mass is 35.5. The number of thioether (sulfide) groups is 1. The largest absolute Gasteiger partial charge is 0.299 e. The summed E-state index contributed by atoms with van der Waals surface area (Å²) in [6.45, 7) is 2.23. The van der Waals surface area contributed by atoms with Gasteiger partial charge in [-0.15, -0.1) is 11.8 Å². The minimum atomic E-state index is 0.368. The standard InChI is InChI=1S/C11H14ClNS/c1-8-6-7-14-11(13-8)9-4-2-3-5-10(9)12/h2-5,8,11,13H,6-7H2,1H3. The van der Waals surface area contributed by atoms with Crippen LogP contribution in [-0.4, -0.2) is 11.8 Å². The van der Waals surface area contributed by atoms with E-state index < -0.39 is 0 Å². The minimum absolute atomic E-state index is 0.368. The van der Waals surface area contributed by atoms with Crippen LogP contribution in [0.5, 0.6) is 0 Å². The molecule has 1 nitrogen and oxygen atoms in total. The second-order valence-electron chi connectivity index (χ2n) is 3.63. The molecule has 0 saturated carbocycles. The zero-order valence-corrected chi connectivity index (χ0v) is 9.74. The van der Waals surface area contributed by atoms with Gasteiger partial charge < -0.3 is 0 Å². The lowest BCUT2D eigenvalue weighted by Gasteiger charge is -2.29. The van der Waals surface area contributed by atoms with E-state index in [1.54, 1.807) is 0 Å². The van der Waals surface area contributed by atoms with Crippen molar-refractivity contribution in [3.8, 4) is 0 Å². The molecule has 0 aromatic heterocycles. The maximum absolute atomic E-state index is 6.15. The molecule has 0 amide bonds. The fourth-order valence-corrected chi connectivity index (χ4v) is 3.37. The van der Waals surface area contributed by atoms with Gasteiger partial charge in [-0.25, -0.2) is 0 Å². The Balaban J connectivity index is 2.18. The molecule has 0 radical (unpaired) electrons. The van der Waals surface area contributed by atoms with Crippen LogP contribution in [0.15, 0.2) is 24.3 Å². The summed E-state index contributed by atoms with van der Waals surface area (Å²) in [5, 5.41) is 4.79. The van der Waals surface area contributed by atoms with E-state index in [0.29, 0.717) is 11.4 Å². The Labute approximate surface area is 94.2 Å². The molecule has 1 aliphatic rings. The molecule has 2 unspecified atom stereocenters. The summed E-state index contributed by atoms with van der Waals surface area (Å²) in [6, 6.07) is 8.67. The zero-order chi connectivity index (χ0) is 9.97. The van der Waals surface area contributed by atoms with Gasteiger partial charge in [-0.3, -0.25) is 5.32 Å². The van der Waals surface area contributed by atoms with Gasteiger partial charge in [0.2, 0.25) is 0 Å². The van der Waals surface area contributed by atoms with Crippen molar-refractivity contribution < 1.29 is 0 Å². The van der Waals surface area contributed by atoms with E-state index in [9.17, 15) is 0 Å². The van der Waals surface area contributed by atoms with E-state index >= 15 is 0 Å². The number of hydrogen-bond donors (Lipinski definition) is 1. The predicted octanol–water partition coefficient (Wildman–Crippen LogP) is 3.45. The third kappa shape index (κ3) is 2.25. The van der Waals surface area contributed by atoms with Crippen LogP contribution in [0.4, 0.5) is 0 Å². The van der Waals surface area contributed by atoms with Crippen molar-refractivity contribution in [1.29, 1.82) is 0 Å². The van der Waals surface area contributed by atoms with E-state index in [4.69, 9.17) is 11.6 Å². The fraction of sp³-hybridized carbons (Fsp3) is 0.455. The van der Waals surface area contributed by atoms with Gasteiger partial charge in [0.1, 0.15) is 0 Å². The van der Waals surface area contributed by atoms with Gasteiger partial charge in [0.25, 0.3) is 0 Å². The highest BCUT2D eigenvalue weighted by molar-refractivity contribution is 7.99. The van der Waals surface area contributed by atoms with E-state index in [2.05, 4.69) is 18.3 Å². The number of nitrogens with one attached hydrogen (secondary N) is 1. The molecule has 0 aliphatic carbocycles. The molecule has 1 heterocycles. The van der Waals surface area contributed by atoms with E-state index in [-0.39, 0.29) is 0 Å². The molecule has 3 heteroatoms. The van der Waals surface area contributed by atoms with Gasteiger partial charge in [-0.2, -0.15) is 0 Å². The Morgan fingerprint density at radius 2 is 2.21 bits per heavy atom. The van der Waals surface area contributed by atoms with Crippen LogP contribution < -0.4 is 5.32 Å². The molecule has 76 valence electrons. The third-order valence-electron chi connectivity index (χ3n) is 2.46. The van der Waals surface area contributed by atoms with Crippen LogP contribution >= 0.6 is 23.4 Å². The summed E-state index contributed by atoms with van der Waals surface area (Å²) in [5.74, 6) is 1.21. The SMILES string of the molecule is CC1CCSC(c2ccccc2Cl)N1. The average Bonchev–Trinajstić information content (AvgIpc) is 2.18. The van der Waals surface area contributed by atoms with E-state index in [1.807, 2.05) is 30.0 Å². The highest BCUT2D eigenvalue weighted by Crippen LogP contribution is 2.34. The van der Waals surface area contributed by atoms with Crippen molar-refractivity contribution >= 4 is 23.4 Å². The van der Waals surface area contributed by atoms with Crippen LogP contribution in [0.25, 0.3) is 0 Å². The van der Waals surface area contributed by atoms with Crippen molar-refractivity contribution in [3.05, 3.63) is 34.9 Å². The van der Waals surface area contributed by atoms with E-state index in [1.165, 1.54) is 17.7 Å². The summed E-state index contributed by atoms with van der Waals surface area (Å²) in [4.78, 5) is 0. The Bertz CT molecular complexity index is 316. The van der Waals surface area contributed by atoms with Crippen LogP contribution in [0, 0.1) is 0 Å². The van der Waals surface area contributed by atoms with Gasteiger partial charge >= 0.3 is 0 Å². The zero-order valence-electron chi connectivity index (χ0n) is 8.16. The lowest BCUT2D eigenvalue weighted by molar-refractivity contribution is 0.512. The maximum Gasteiger partial charge on any atom is 0.0805 e. The number of halogens is 1. The molecular formula is C11H14ClNS. The van der Waals surface area contributed by atoms with Gasteiger partial charge in [-0.1, -0.05) is 29.8 Å². The first-order chi connectivity index (χ1) is 6.77. The molecule has 2 atom stereocenters. The predicted molar refractivity (Wildman–Crippen MR) is 63.9 cm³/mol. The highest BCUT2D eigenvalue weighted by Gasteiger charge is 2.21. The first kappa shape index (κ1) is 10.3. The lowest BCUT2D eigenvalue weighted by atomic mass is 10.2. The topological polar surface area (TPSA) is 12.0 Å². The average molecular weight is 228 g/mol. The smallest absolute Gasteiger partial charge is 0.0805 e. The monoisotopic (exact) mass is 227 g/mol. The van der Waals surface area contributed by atoms with Crippen molar-refractivity contribution in [1.82, 2.24) is 5.32 Å². The molecular weight excluding hydrogens is 214 g/mol. The molecule has 1 N–H and O–H groups in total. The first-order valence-electron chi connectivity index (χ1n) is 4.89. The second-order valence-corrected chi connectivity index (χ2v) is 5.25. The third-order valence-corrected chi connectivity index (χ3v) is 4.00. The van der Waals surface area contributed by atoms with Crippen molar-refractivity contribution in [3.63, 3.8) is 0 Å². The molecule has 1 saturated heterocycles. The Hall–Kier alpha value is -0.180. The Morgan fingerprint density at radius 3 is 2.93 bits per heavy atom. The van der Waals surface area contributed by atoms with Crippen molar-refractivity contribution in [2.45, 2.75) is 24.8 Å². The summed E-state index contributed by atoms with van der Waals surface area (Å²) < 4.78 is 0. The summed E-state index contributed by atoms with van der Waals surface area (Å²) in [7, 11) is 0. The molecule has 0 spiro atoms. The molecule has 1 fully saturated rings. The molecule has 1 aromatic carbocycles. The van der Waals surface area contributed by atoms with Crippen LogP contribution in [0.3, 0.4) is 0 Å². The minimum Gasteiger partial charge on any atom is -0.299 e. The summed E-state index contributed by atoms with van der Waals surface area (Å²) >= 11 is 8.09. The van der Waals surface area contributed by atoms with Gasteiger partial charge in [0.15, 0.2) is 0 Å². The number of hydrogen-bond acceptors (Lipinski definition) is 2. The summed E-state index contributed by atoms with van der Waals surface area (Å²) in [5.41, 5.74) is 1.21. The van der Waals surface area contributed by atoms with Crippen LogP contribution in [-0.2, 0) is 0 Å². The molecule has 0 bridgehead atoms. The molecule has 14 heavy (non-hydrogen) atoms. The van der Waals surface area contributed by atoms with Crippen molar-refractivity contribution in [2.24, 2.45) is 0 Å². The fourth-order valence-electron chi connectivity index (χ4n) is 1.62. The molecule has 1 aromatic rings.